The van der Waals surface area contributed by atoms with Crippen molar-refractivity contribution in [3.8, 4) is 11.3 Å². The monoisotopic (exact) mass is 1090 g/mol. The van der Waals surface area contributed by atoms with Crippen molar-refractivity contribution in [1.29, 1.82) is 0 Å². The van der Waals surface area contributed by atoms with Gasteiger partial charge in [0, 0.05) is 88.2 Å². The number of rotatable bonds is 40. The lowest BCUT2D eigenvalue weighted by Gasteiger charge is -2.40. The van der Waals surface area contributed by atoms with Gasteiger partial charge < -0.3 is 44.6 Å². The summed E-state index contributed by atoms with van der Waals surface area (Å²) in [5.41, 5.74) is 6.16. The van der Waals surface area contributed by atoms with Crippen LogP contribution < -0.4 is 11.1 Å². The largest absolute Gasteiger partial charge is 0.387 e. The van der Waals surface area contributed by atoms with Crippen molar-refractivity contribution >= 4 is 41.0 Å². The van der Waals surface area contributed by atoms with E-state index in [1.54, 1.807) is 6.20 Å². The predicted molar refractivity (Wildman–Crippen MR) is 288 cm³/mol. The molecule has 4 amide bonds. The molecule has 1 aliphatic rings. The van der Waals surface area contributed by atoms with Gasteiger partial charge in [0.1, 0.15) is 35.6 Å². The van der Waals surface area contributed by atoms with E-state index in [9.17, 15) is 43.1 Å². The molecular weight excluding hydrogens is 1010 g/mol. The number of benzene rings is 2. The van der Waals surface area contributed by atoms with Crippen molar-refractivity contribution in [3.05, 3.63) is 89.9 Å². The average molecular weight is 1090 g/mol. The molecule has 0 unspecified atom stereocenters. The van der Waals surface area contributed by atoms with E-state index >= 15 is 4.39 Å². The summed E-state index contributed by atoms with van der Waals surface area (Å²) in [7, 11) is 0. The van der Waals surface area contributed by atoms with Crippen LogP contribution in [0.3, 0.4) is 0 Å². The average Bonchev–Trinajstić information content (AvgIpc) is 3.96. The molecule has 3 atom stereocenters. The fraction of sp³-hybridized carbons (Fsp3) is 0.586. The van der Waals surface area contributed by atoms with E-state index < -0.39 is 65.3 Å². The minimum atomic E-state index is -0.819. The topological polar surface area (TPSA) is 239 Å². The Morgan fingerprint density at radius 3 is 2.03 bits per heavy atom. The van der Waals surface area contributed by atoms with Gasteiger partial charge in [-0.25, -0.2) is 13.8 Å². The van der Waals surface area contributed by atoms with Gasteiger partial charge in [0.15, 0.2) is 5.78 Å². The van der Waals surface area contributed by atoms with Gasteiger partial charge in [-0.05, 0) is 80.2 Å². The predicted octanol–water partition coefficient (Wildman–Crippen LogP) is 6.49. The van der Waals surface area contributed by atoms with Gasteiger partial charge >= 0.3 is 0 Å². The van der Waals surface area contributed by atoms with Crippen LogP contribution in [0.4, 0.5) is 8.78 Å². The van der Waals surface area contributed by atoms with E-state index in [4.69, 9.17) is 29.7 Å². The lowest BCUT2D eigenvalue weighted by Crippen LogP contribution is -2.45. The van der Waals surface area contributed by atoms with Crippen molar-refractivity contribution in [2.45, 2.75) is 124 Å². The number of unbranched alkanes of at least 4 members (excludes halogenated alkanes) is 2. The summed E-state index contributed by atoms with van der Waals surface area (Å²) in [5.74, 6) is -3.93. The highest BCUT2D eigenvalue weighted by atomic mass is 19.1. The third kappa shape index (κ3) is 22.1. The van der Waals surface area contributed by atoms with Crippen LogP contribution in [0.5, 0.6) is 0 Å². The van der Waals surface area contributed by atoms with Crippen LogP contribution in [-0.2, 0) is 59.1 Å². The number of halogens is 2. The Morgan fingerprint density at radius 1 is 0.769 bits per heavy atom. The second kappa shape index (κ2) is 34.2. The van der Waals surface area contributed by atoms with Gasteiger partial charge in [0.25, 0.3) is 11.8 Å². The number of nitrogens with two attached hydrogens (primary N) is 1. The summed E-state index contributed by atoms with van der Waals surface area (Å²) in [5, 5.41) is 13.2. The van der Waals surface area contributed by atoms with Crippen LogP contribution in [0, 0.1) is 28.9 Å². The summed E-state index contributed by atoms with van der Waals surface area (Å²) in [4.78, 5) is 97.2. The van der Waals surface area contributed by atoms with Crippen LogP contribution >= 0.6 is 0 Å². The number of amides is 4. The molecule has 1 aliphatic heterocycles. The summed E-state index contributed by atoms with van der Waals surface area (Å²) in [6.07, 6.45) is 7.40. The quantitative estimate of drug-likeness (QED) is 0.0408. The minimum Gasteiger partial charge on any atom is -0.387 e. The van der Waals surface area contributed by atoms with Gasteiger partial charge in [-0.1, -0.05) is 65.0 Å². The number of aromatic nitrogens is 2. The van der Waals surface area contributed by atoms with E-state index in [0.717, 1.165) is 28.7 Å². The van der Waals surface area contributed by atoms with E-state index in [1.165, 1.54) is 17.1 Å². The highest BCUT2D eigenvalue weighted by Crippen LogP contribution is 2.40. The third-order valence-electron chi connectivity index (χ3n) is 13.3. The van der Waals surface area contributed by atoms with E-state index in [1.807, 2.05) is 69.5 Å². The maximum atomic E-state index is 15.2. The number of ketones is 3. The van der Waals surface area contributed by atoms with Gasteiger partial charge in [0.05, 0.1) is 64.0 Å². The first-order valence-electron chi connectivity index (χ1n) is 27.2. The zero-order valence-corrected chi connectivity index (χ0v) is 46.2. The fourth-order valence-electron chi connectivity index (χ4n) is 9.01. The first-order chi connectivity index (χ1) is 37.3. The van der Waals surface area contributed by atoms with Gasteiger partial charge in [-0.2, -0.15) is 0 Å². The summed E-state index contributed by atoms with van der Waals surface area (Å²) >= 11 is 0. The van der Waals surface area contributed by atoms with Crippen molar-refractivity contribution in [2.24, 2.45) is 23.0 Å². The molecule has 0 spiro atoms. The molecule has 20 heteroatoms. The minimum absolute atomic E-state index is 0.0263. The van der Waals surface area contributed by atoms with Crippen LogP contribution in [0.15, 0.2) is 66.9 Å². The smallest absolute Gasteiger partial charge is 0.253 e. The Labute approximate surface area is 457 Å². The molecule has 2 heterocycles. The second-order valence-corrected chi connectivity index (χ2v) is 20.9. The second-order valence-electron chi connectivity index (χ2n) is 20.9. The molecule has 4 rings (SSSR count). The molecule has 0 saturated heterocycles. The number of ether oxygens (including phenoxy) is 4. The number of aliphatic hydroxyl groups is 1. The number of carbonyl (C=O) groups excluding carboxylic acids is 7. The normalized spacial score (nSPS) is 13.8. The molecule has 0 aliphatic carbocycles. The molecule has 0 fully saturated rings. The number of imidazole rings is 1. The zero-order valence-electron chi connectivity index (χ0n) is 46.2. The Kier molecular flexibility index (Phi) is 28.3. The molecule has 430 valence electrons. The molecule has 2 aromatic carbocycles. The Hall–Kier alpha value is -5.90. The fourth-order valence-corrected chi connectivity index (χ4v) is 9.01. The van der Waals surface area contributed by atoms with Crippen molar-refractivity contribution in [3.63, 3.8) is 0 Å². The maximum Gasteiger partial charge on any atom is 0.253 e. The summed E-state index contributed by atoms with van der Waals surface area (Å²) < 4.78 is 53.6. The standard InChI is InChI=1S/C58H82F2N6O12/c1-41(2)46(37-45(69)24-29-76-31-33-78-35-34-77-32-30-75-28-13-16-44(68)23-27-65-52(71)21-22-53(65)72)57(74)63-49(17-9-11-25-61)51(70)18-10-12-26-66(54(73)40-67)55(58(3,4)5)56-62-50(47-36-43(59)19-20-48(47)60)39-64(56)38-42-14-7-6-8-15-42/h6-8,14-15,19-22,36,39,41,46,49,55,67H,9-13,16-18,23-35,37-38,40,61H2,1-5H3,(H,63,74)/t46-,49-,55-/m0/s1. The molecule has 1 aromatic heterocycles. The van der Waals surface area contributed by atoms with Crippen LogP contribution in [0.25, 0.3) is 11.3 Å². The molecule has 3 aromatic rings. The van der Waals surface area contributed by atoms with E-state index in [-0.39, 0.29) is 93.1 Å². The molecule has 78 heavy (non-hydrogen) atoms. The van der Waals surface area contributed by atoms with Crippen LogP contribution in [-0.4, -0.2) is 151 Å². The number of aliphatic hydroxyl groups excluding tert-OH is 1. The highest BCUT2D eigenvalue weighted by Gasteiger charge is 2.38. The van der Waals surface area contributed by atoms with Crippen molar-refractivity contribution in [2.75, 3.05) is 79.1 Å². The first-order valence-corrected chi connectivity index (χ1v) is 27.2. The summed E-state index contributed by atoms with van der Waals surface area (Å²) in [6, 6.07) is 11.1. The Morgan fingerprint density at radius 2 is 1.41 bits per heavy atom. The van der Waals surface area contributed by atoms with E-state index in [0.29, 0.717) is 96.9 Å². The number of nitrogens with zero attached hydrogens (tertiary/aromatic N) is 4. The Balaban J connectivity index is 1.21. The molecule has 0 saturated carbocycles. The lowest BCUT2D eigenvalue weighted by atomic mass is 9.84. The highest BCUT2D eigenvalue weighted by molar-refractivity contribution is 6.13. The SMILES string of the molecule is CC(C)[C@H](CC(=O)CCOCCOCCOCCOCCCC(=O)CCN1C(=O)C=CC1=O)C(=O)N[C@@H](CCCCN)C(=O)CCCCN(C(=O)CO)[C@@H](c1nc(-c2cc(F)ccc2F)cn1Cc1ccccc1)C(C)(C)C. The maximum absolute atomic E-state index is 15.2. The third-order valence-corrected chi connectivity index (χ3v) is 13.3. The summed E-state index contributed by atoms with van der Waals surface area (Å²) in [6.45, 7) is 12.1. The van der Waals surface area contributed by atoms with Gasteiger partial charge in [-0.15, -0.1) is 0 Å². The van der Waals surface area contributed by atoms with Crippen LogP contribution in [0.1, 0.15) is 123 Å². The number of carbonyl (C=O) groups is 7. The molecule has 0 radical (unpaired) electrons. The zero-order chi connectivity index (χ0) is 57.0. The Bertz CT molecular complexity index is 2410. The lowest BCUT2D eigenvalue weighted by molar-refractivity contribution is -0.140. The number of hydrogen-bond acceptors (Lipinski definition) is 14. The number of nitrogens with one attached hydrogen (secondary N) is 1. The molecule has 18 nitrogen and oxygen atoms in total. The molecule has 4 N–H and O–H groups in total. The number of Topliss-reactive ketones (excluding diaryl/α,β-unsaturated/α-hetero) is 3. The molecular formula is C58H82F2N6O12. The van der Waals surface area contributed by atoms with Gasteiger partial charge in [-0.3, -0.25) is 38.5 Å². The molecule has 0 bridgehead atoms. The van der Waals surface area contributed by atoms with Crippen molar-refractivity contribution < 1.29 is 66.4 Å². The van der Waals surface area contributed by atoms with Crippen molar-refractivity contribution in [1.82, 2.24) is 24.7 Å². The van der Waals surface area contributed by atoms with E-state index in [2.05, 4.69) is 5.32 Å². The van der Waals surface area contributed by atoms with Gasteiger partial charge in [0.2, 0.25) is 11.8 Å². The number of hydrogen-bond donors (Lipinski definition) is 3. The first kappa shape index (κ1) is 64.6. The number of imide groups is 1. The van der Waals surface area contributed by atoms with Crippen LogP contribution in [0.2, 0.25) is 0 Å².